The first-order valence-electron chi connectivity index (χ1n) is 10.6. The fraction of sp³-hybridized carbons (Fsp3) is 0.280. The molecular weight excluding hydrogens is 440 g/mol. The zero-order chi connectivity index (χ0) is 22.1. The Kier molecular flexibility index (Phi) is 5.85. The molecule has 5 nitrogen and oxygen atoms in total. The largest absolute Gasteiger partial charge is 0.493 e. The molecule has 1 aliphatic rings. The second-order valence-corrected chi connectivity index (χ2v) is 9.83. The molecule has 0 aliphatic carbocycles. The van der Waals surface area contributed by atoms with Crippen molar-refractivity contribution in [2.24, 2.45) is 0 Å². The van der Waals surface area contributed by atoms with Gasteiger partial charge in [-0.3, -0.25) is 4.79 Å². The molecule has 164 valence electrons. The Balaban J connectivity index is 1.43. The number of methoxy groups -OCH3 is 2. The normalized spacial score (nSPS) is 15.6. The standard InChI is InChI=1S/C25H24N2O3S2/c1-29-19-14-16-11-12-27(25(22-8-5-13-31-22)17(16)15-20(19)30-2)24(28)10-9-23-26-18-6-3-4-7-21(18)32-23/h3-8,13-15,25H,9-12H2,1-2H3. The van der Waals surface area contributed by atoms with Gasteiger partial charge < -0.3 is 14.4 Å². The number of ether oxygens (including phenoxy) is 2. The van der Waals surface area contributed by atoms with E-state index in [0.717, 1.165) is 33.1 Å². The first kappa shape index (κ1) is 21.0. The van der Waals surface area contributed by atoms with Crippen molar-refractivity contribution in [3.63, 3.8) is 0 Å². The number of thiophene rings is 1. The number of thiazole rings is 1. The van der Waals surface area contributed by atoms with E-state index in [2.05, 4.69) is 23.6 Å². The summed E-state index contributed by atoms with van der Waals surface area (Å²) in [4.78, 5) is 21.3. The average molecular weight is 465 g/mol. The van der Waals surface area contributed by atoms with Crippen LogP contribution in [0.1, 0.15) is 33.5 Å². The molecule has 0 saturated heterocycles. The molecular formula is C25H24N2O3S2. The highest BCUT2D eigenvalue weighted by Gasteiger charge is 2.33. The summed E-state index contributed by atoms with van der Waals surface area (Å²) in [5.74, 6) is 1.58. The van der Waals surface area contributed by atoms with E-state index in [0.29, 0.717) is 25.1 Å². The van der Waals surface area contributed by atoms with Crippen LogP contribution in [0.25, 0.3) is 10.2 Å². The number of benzene rings is 2. The molecule has 0 N–H and O–H groups in total. The van der Waals surface area contributed by atoms with Crippen LogP contribution in [0.15, 0.2) is 53.9 Å². The van der Waals surface area contributed by atoms with Crippen molar-refractivity contribution in [3.05, 3.63) is 74.9 Å². The van der Waals surface area contributed by atoms with Gasteiger partial charge in [-0.2, -0.15) is 0 Å². The predicted molar refractivity (Wildman–Crippen MR) is 129 cm³/mol. The van der Waals surface area contributed by atoms with Crippen LogP contribution < -0.4 is 9.47 Å². The van der Waals surface area contributed by atoms with E-state index in [4.69, 9.17) is 14.5 Å². The van der Waals surface area contributed by atoms with Crippen molar-refractivity contribution in [1.29, 1.82) is 0 Å². The number of aromatic nitrogens is 1. The Labute approximate surface area is 195 Å². The molecule has 1 atom stereocenters. The lowest BCUT2D eigenvalue weighted by molar-refractivity contribution is -0.133. The van der Waals surface area contributed by atoms with E-state index in [1.165, 1.54) is 10.3 Å². The van der Waals surface area contributed by atoms with Crippen LogP contribution in [-0.4, -0.2) is 36.6 Å². The van der Waals surface area contributed by atoms with Crippen LogP contribution in [0, 0.1) is 0 Å². The lowest BCUT2D eigenvalue weighted by Crippen LogP contribution is -2.40. The molecule has 1 amide bonds. The van der Waals surface area contributed by atoms with Crippen molar-refractivity contribution in [1.82, 2.24) is 9.88 Å². The molecule has 0 radical (unpaired) electrons. The van der Waals surface area contributed by atoms with Gasteiger partial charge in [-0.15, -0.1) is 22.7 Å². The minimum Gasteiger partial charge on any atom is -0.493 e. The van der Waals surface area contributed by atoms with Crippen LogP contribution in [0.2, 0.25) is 0 Å². The van der Waals surface area contributed by atoms with Crippen LogP contribution >= 0.6 is 22.7 Å². The van der Waals surface area contributed by atoms with Crippen LogP contribution in [0.5, 0.6) is 11.5 Å². The Morgan fingerprint density at radius 3 is 2.69 bits per heavy atom. The van der Waals surface area contributed by atoms with E-state index in [1.807, 2.05) is 35.2 Å². The Hall–Kier alpha value is -2.90. The number of amides is 1. The summed E-state index contributed by atoms with van der Waals surface area (Å²) in [5.41, 5.74) is 3.32. The van der Waals surface area contributed by atoms with Crippen molar-refractivity contribution in [2.45, 2.75) is 25.3 Å². The van der Waals surface area contributed by atoms with Gasteiger partial charge in [0.15, 0.2) is 11.5 Å². The number of carbonyl (C=O) groups is 1. The van der Waals surface area contributed by atoms with E-state index in [-0.39, 0.29) is 11.9 Å². The van der Waals surface area contributed by atoms with Gasteiger partial charge in [-0.05, 0) is 53.3 Å². The molecule has 4 aromatic rings. The number of nitrogens with zero attached hydrogens (tertiary/aromatic N) is 2. The third kappa shape index (κ3) is 3.87. The van der Waals surface area contributed by atoms with E-state index >= 15 is 0 Å². The van der Waals surface area contributed by atoms with Gasteiger partial charge in [-0.1, -0.05) is 18.2 Å². The molecule has 1 unspecified atom stereocenters. The minimum absolute atomic E-state index is 0.110. The third-order valence-electron chi connectivity index (χ3n) is 5.90. The summed E-state index contributed by atoms with van der Waals surface area (Å²) in [6.07, 6.45) is 1.90. The van der Waals surface area contributed by atoms with Gasteiger partial charge in [0.2, 0.25) is 5.91 Å². The quantitative estimate of drug-likeness (QED) is 0.379. The van der Waals surface area contributed by atoms with E-state index in [9.17, 15) is 4.79 Å². The second kappa shape index (κ2) is 8.92. The van der Waals surface area contributed by atoms with Crippen LogP contribution in [0.3, 0.4) is 0 Å². The molecule has 0 bridgehead atoms. The monoisotopic (exact) mass is 464 g/mol. The molecule has 5 rings (SSSR count). The van der Waals surface area contributed by atoms with Crippen molar-refractivity contribution in [3.8, 4) is 11.5 Å². The van der Waals surface area contributed by atoms with Crippen molar-refractivity contribution >= 4 is 38.8 Å². The highest BCUT2D eigenvalue weighted by Crippen LogP contribution is 2.42. The summed E-state index contributed by atoms with van der Waals surface area (Å²) in [6, 6.07) is 16.2. The van der Waals surface area contributed by atoms with Gasteiger partial charge in [0.05, 0.1) is 35.5 Å². The summed E-state index contributed by atoms with van der Waals surface area (Å²) >= 11 is 3.35. The van der Waals surface area contributed by atoms with E-state index in [1.54, 1.807) is 36.9 Å². The zero-order valence-corrected chi connectivity index (χ0v) is 19.7. The summed E-state index contributed by atoms with van der Waals surface area (Å²) in [5, 5.41) is 3.07. The van der Waals surface area contributed by atoms with Gasteiger partial charge in [-0.25, -0.2) is 4.98 Å². The van der Waals surface area contributed by atoms with Gasteiger partial charge >= 0.3 is 0 Å². The molecule has 2 aromatic heterocycles. The molecule has 2 aromatic carbocycles. The fourth-order valence-corrected chi connectivity index (χ4v) is 6.17. The fourth-order valence-electron chi connectivity index (χ4n) is 4.35. The SMILES string of the molecule is COc1cc2c(cc1OC)C(c1cccs1)N(C(=O)CCc1nc3ccccc3s1)CC2. The number of rotatable bonds is 6. The molecule has 1 aliphatic heterocycles. The Bertz CT molecular complexity index is 1220. The summed E-state index contributed by atoms with van der Waals surface area (Å²) in [6.45, 7) is 0.684. The Morgan fingerprint density at radius 1 is 1.12 bits per heavy atom. The maximum Gasteiger partial charge on any atom is 0.223 e. The molecule has 32 heavy (non-hydrogen) atoms. The van der Waals surface area contributed by atoms with Gasteiger partial charge in [0, 0.05) is 24.3 Å². The number of carbonyl (C=O) groups excluding carboxylic acids is 1. The molecule has 0 saturated carbocycles. The average Bonchev–Trinajstić information content (AvgIpc) is 3.50. The number of fused-ring (bicyclic) bond motifs is 2. The zero-order valence-electron chi connectivity index (χ0n) is 18.0. The van der Waals surface area contributed by atoms with Crippen LogP contribution in [0.4, 0.5) is 0 Å². The van der Waals surface area contributed by atoms with Gasteiger partial charge in [0.25, 0.3) is 0 Å². The van der Waals surface area contributed by atoms with Crippen molar-refractivity contribution in [2.75, 3.05) is 20.8 Å². The second-order valence-electron chi connectivity index (χ2n) is 7.74. The van der Waals surface area contributed by atoms with Crippen molar-refractivity contribution < 1.29 is 14.3 Å². The van der Waals surface area contributed by atoms with Crippen LogP contribution in [-0.2, 0) is 17.6 Å². The number of hydrogen-bond acceptors (Lipinski definition) is 6. The predicted octanol–water partition coefficient (Wildman–Crippen LogP) is 5.48. The lowest BCUT2D eigenvalue weighted by atomic mass is 9.90. The molecule has 0 fully saturated rings. The highest BCUT2D eigenvalue weighted by molar-refractivity contribution is 7.18. The van der Waals surface area contributed by atoms with Gasteiger partial charge in [0.1, 0.15) is 0 Å². The topological polar surface area (TPSA) is 51.7 Å². The lowest BCUT2D eigenvalue weighted by Gasteiger charge is -2.37. The molecule has 3 heterocycles. The molecule has 0 spiro atoms. The maximum absolute atomic E-state index is 13.4. The number of para-hydroxylation sites is 1. The third-order valence-corrected chi connectivity index (χ3v) is 7.92. The molecule has 7 heteroatoms. The summed E-state index contributed by atoms with van der Waals surface area (Å²) in [7, 11) is 3.30. The number of aryl methyl sites for hydroxylation is 1. The first-order valence-corrected chi connectivity index (χ1v) is 12.3. The minimum atomic E-state index is -0.110. The smallest absolute Gasteiger partial charge is 0.223 e. The maximum atomic E-state index is 13.4. The van der Waals surface area contributed by atoms with E-state index < -0.39 is 0 Å². The summed E-state index contributed by atoms with van der Waals surface area (Å²) < 4.78 is 12.2. The Morgan fingerprint density at radius 2 is 1.94 bits per heavy atom. The first-order chi connectivity index (χ1) is 15.7. The highest BCUT2D eigenvalue weighted by atomic mass is 32.1. The number of hydrogen-bond donors (Lipinski definition) is 0.